The highest BCUT2D eigenvalue weighted by Crippen LogP contribution is 2.27. The van der Waals surface area contributed by atoms with Crippen LogP contribution in [0.5, 0.6) is 0 Å². The Morgan fingerprint density at radius 2 is 1.72 bits per heavy atom. The molecule has 4 aromatic heterocycles. The number of carbonyl (C=O) groups excluding carboxylic acids is 1. The van der Waals surface area contributed by atoms with Crippen molar-refractivity contribution in [1.29, 1.82) is 0 Å². The Morgan fingerprint density at radius 1 is 0.969 bits per heavy atom. The van der Waals surface area contributed by atoms with Crippen LogP contribution in [0.4, 0.5) is 0 Å². The predicted molar refractivity (Wildman–Crippen MR) is 124 cm³/mol. The van der Waals surface area contributed by atoms with E-state index < -0.39 is 5.97 Å². The van der Waals surface area contributed by atoms with Gasteiger partial charge in [-0.05, 0) is 49.7 Å². The molecule has 4 heterocycles. The average molecular weight is 425 g/mol. The summed E-state index contributed by atoms with van der Waals surface area (Å²) in [6, 6.07) is 17.4. The summed E-state index contributed by atoms with van der Waals surface area (Å²) < 4.78 is 4.06. The van der Waals surface area contributed by atoms with Crippen molar-refractivity contribution in [3.63, 3.8) is 0 Å². The van der Waals surface area contributed by atoms with Gasteiger partial charge in [0.05, 0.1) is 11.1 Å². The van der Waals surface area contributed by atoms with Crippen LogP contribution in [-0.2, 0) is 7.05 Å². The molecule has 6 nitrogen and oxygen atoms in total. The number of fused-ring (bicyclic) bond motifs is 2. The zero-order chi connectivity index (χ0) is 22.8. The van der Waals surface area contributed by atoms with Gasteiger partial charge in [-0.2, -0.15) is 0 Å². The van der Waals surface area contributed by atoms with Gasteiger partial charge in [-0.25, -0.2) is 4.79 Å². The van der Waals surface area contributed by atoms with E-state index in [1.807, 2.05) is 48.9 Å². The van der Waals surface area contributed by atoms with Crippen molar-refractivity contribution < 1.29 is 14.7 Å². The molecular formula is C26H23N3O3. The minimum absolute atomic E-state index is 0.0835. The molecule has 0 saturated carbocycles. The van der Waals surface area contributed by atoms with Crippen molar-refractivity contribution in [2.24, 2.45) is 7.05 Å². The lowest BCUT2D eigenvalue weighted by Crippen LogP contribution is -2.11. The molecule has 6 heteroatoms. The molecule has 0 aliphatic heterocycles. The number of rotatable bonds is 3. The smallest absolute Gasteiger partial charge is 0.338 e. The molecule has 0 aliphatic rings. The molecule has 0 amide bonds. The lowest BCUT2D eigenvalue weighted by Gasteiger charge is -2.05. The molecule has 5 rings (SSSR count). The first-order valence-electron chi connectivity index (χ1n) is 10.2. The number of carboxylic acid groups (broad SMARTS) is 1. The predicted octanol–water partition coefficient (Wildman–Crippen LogP) is 5.06. The van der Waals surface area contributed by atoms with Crippen molar-refractivity contribution in [2.75, 3.05) is 0 Å². The van der Waals surface area contributed by atoms with Crippen molar-refractivity contribution in [3.05, 3.63) is 107 Å². The van der Waals surface area contributed by atoms with Crippen LogP contribution in [0.2, 0.25) is 0 Å². The molecule has 1 aromatic carbocycles. The fraction of sp³-hybridized carbons (Fsp3) is 0.115. The molecule has 5 aromatic rings. The van der Waals surface area contributed by atoms with Crippen molar-refractivity contribution >= 4 is 28.2 Å². The van der Waals surface area contributed by atoms with Crippen LogP contribution in [0.15, 0.2) is 79.4 Å². The van der Waals surface area contributed by atoms with Gasteiger partial charge in [0.2, 0.25) is 0 Å². The lowest BCUT2D eigenvalue weighted by molar-refractivity contribution is 0.0692. The second-order valence-corrected chi connectivity index (χ2v) is 7.64. The quantitative estimate of drug-likeness (QED) is 0.410. The summed E-state index contributed by atoms with van der Waals surface area (Å²) in [4.78, 5) is 28.0. The van der Waals surface area contributed by atoms with E-state index in [0.717, 1.165) is 16.6 Å². The third-order valence-electron chi connectivity index (χ3n) is 5.56. The lowest BCUT2D eigenvalue weighted by atomic mass is 9.98. The number of pyridine rings is 2. The first-order chi connectivity index (χ1) is 15.4. The molecule has 0 radical (unpaired) electrons. The van der Waals surface area contributed by atoms with E-state index in [1.54, 1.807) is 0 Å². The van der Waals surface area contributed by atoms with Gasteiger partial charge in [0.15, 0.2) is 5.78 Å². The second-order valence-electron chi connectivity index (χ2n) is 7.64. The molecule has 0 saturated heterocycles. The number of nitrogens with zero attached hydrogens (tertiary/aromatic N) is 3. The first-order valence-corrected chi connectivity index (χ1v) is 10.2. The Hall–Kier alpha value is -4.19. The number of aromatic nitrogens is 3. The summed E-state index contributed by atoms with van der Waals surface area (Å²) in [6.45, 7) is 3.96. The van der Waals surface area contributed by atoms with Crippen LogP contribution >= 0.6 is 0 Å². The molecule has 1 N–H and O–H groups in total. The van der Waals surface area contributed by atoms with Gasteiger partial charge in [0, 0.05) is 59.5 Å². The standard InChI is InChI=1S/C17H14N2O3.C9H9N/c1-10-15(12-5-3-4-6-14(12)19(10)2)16(20)11-7-8-18-9-13(11)17(21)22;1-8-6-9-4-2-3-5-10(9)7-8/h3-9H,1-2H3,(H,21,22);2-7H,1H3. The Balaban J connectivity index is 0.000000203. The number of aromatic carboxylic acids is 1. The molecule has 0 fully saturated rings. The number of aryl methyl sites for hydroxylation is 2. The number of carbonyl (C=O) groups is 2. The summed E-state index contributed by atoms with van der Waals surface area (Å²) in [5, 5.41) is 10.1. The van der Waals surface area contributed by atoms with Gasteiger partial charge in [0.1, 0.15) is 0 Å². The highest BCUT2D eigenvalue weighted by molar-refractivity contribution is 6.20. The second kappa shape index (κ2) is 8.51. The SMILES string of the molecule is Cc1c(C(=O)c2ccncc2C(=O)O)c2ccccc2n1C.Cc1cc2ccccn2c1. The minimum Gasteiger partial charge on any atom is -0.478 e. The fourth-order valence-electron chi connectivity index (χ4n) is 3.90. The zero-order valence-electron chi connectivity index (χ0n) is 18.1. The number of hydrogen-bond donors (Lipinski definition) is 1. The number of ketones is 1. The minimum atomic E-state index is -1.16. The molecule has 0 spiro atoms. The summed E-state index contributed by atoms with van der Waals surface area (Å²) in [5.41, 5.74) is 4.92. The summed E-state index contributed by atoms with van der Waals surface area (Å²) >= 11 is 0. The highest BCUT2D eigenvalue weighted by Gasteiger charge is 2.23. The van der Waals surface area contributed by atoms with Gasteiger partial charge in [0.25, 0.3) is 0 Å². The maximum absolute atomic E-state index is 12.9. The Kier molecular flexibility index (Phi) is 5.60. The number of para-hydroxylation sites is 1. The molecule has 0 atom stereocenters. The van der Waals surface area contributed by atoms with Gasteiger partial charge >= 0.3 is 5.97 Å². The van der Waals surface area contributed by atoms with Crippen LogP contribution in [-0.4, -0.2) is 30.8 Å². The molecule has 0 aliphatic carbocycles. The van der Waals surface area contributed by atoms with E-state index in [0.29, 0.717) is 5.56 Å². The average Bonchev–Trinajstić information content (AvgIpc) is 3.30. The van der Waals surface area contributed by atoms with E-state index in [9.17, 15) is 14.7 Å². The van der Waals surface area contributed by atoms with Crippen LogP contribution in [0.3, 0.4) is 0 Å². The first kappa shape index (κ1) is 21.1. The Morgan fingerprint density at radius 3 is 2.47 bits per heavy atom. The maximum atomic E-state index is 12.9. The van der Waals surface area contributed by atoms with E-state index in [4.69, 9.17) is 0 Å². The normalized spacial score (nSPS) is 10.7. The highest BCUT2D eigenvalue weighted by atomic mass is 16.4. The largest absolute Gasteiger partial charge is 0.478 e. The van der Waals surface area contributed by atoms with E-state index in [-0.39, 0.29) is 16.9 Å². The van der Waals surface area contributed by atoms with Crippen molar-refractivity contribution in [1.82, 2.24) is 14.0 Å². The van der Waals surface area contributed by atoms with Gasteiger partial charge in [-0.15, -0.1) is 0 Å². The van der Waals surface area contributed by atoms with Crippen LogP contribution < -0.4 is 0 Å². The molecule has 32 heavy (non-hydrogen) atoms. The monoisotopic (exact) mass is 425 g/mol. The molecule has 160 valence electrons. The number of carboxylic acids is 1. The van der Waals surface area contributed by atoms with Gasteiger partial charge in [-0.3, -0.25) is 9.78 Å². The summed E-state index contributed by atoms with van der Waals surface area (Å²) in [7, 11) is 1.89. The summed E-state index contributed by atoms with van der Waals surface area (Å²) in [5.74, 6) is -1.46. The Labute approximate surface area is 185 Å². The molecule has 0 bridgehead atoms. The van der Waals surface area contributed by atoms with E-state index >= 15 is 0 Å². The third kappa shape index (κ3) is 3.78. The van der Waals surface area contributed by atoms with Crippen molar-refractivity contribution in [3.8, 4) is 0 Å². The summed E-state index contributed by atoms with van der Waals surface area (Å²) in [6.07, 6.45) is 6.81. The number of benzene rings is 1. The van der Waals surface area contributed by atoms with Gasteiger partial charge < -0.3 is 14.1 Å². The number of hydrogen-bond acceptors (Lipinski definition) is 3. The van der Waals surface area contributed by atoms with Crippen LogP contribution in [0.25, 0.3) is 16.4 Å². The fourth-order valence-corrected chi connectivity index (χ4v) is 3.90. The maximum Gasteiger partial charge on any atom is 0.338 e. The Bertz CT molecular complexity index is 1430. The topological polar surface area (TPSA) is 76.6 Å². The van der Waals surface area contributed by atoms with E-state index in [2.05, 4.69) is 46.9 Å². The molecular weight excluding hydrogens is 402 g/mol. The zero-order valence-corrected chi connectivity index (χ0v) is 18.1. The molecule has 0 unspecified atom stereocenters. The van der Waals surface area contributed by atoms with Crippen LogP contribution in [0, 0.1) is 13.8 Å². The van der Waals surface area contributed by atoms with Crippen LogP contribution in [0.1, 0.15) is 37.5 Å². The van der Waals surface area contributed by atoms with Crippen molar-refractivity contribution in [2.45, 2.75) is 13.8 Å². The third-order valence-corrected chi connectivity index (χ3v) is 5.56. The van der Waals surface area contributed by atoms with E-state index in [1.165, 1.54) is 29.5 Å². The van der Waals surface area contributed by atoms with Gasteiger partial charge in [-0.1, -0.05) is 24.3 Å².